The zero-order chi connectivity index (χ0) is 37.1. The largest absolute Gasteiger partial charge is 0.313 e. The number of nitrogens with zero attached hydrogens (tertiary/aromatic N) is 2. The number of aromatic nitrogens is 1. The Labute approximate surface area is 329 Å². The van der Waals surface area contributed by atoms with Crippen molar-refractivity contribution >= 4 is 103 Å². The van der Waals surface area contributed by atoms with Gasteiger partial charge in [0.05, 0.1) is 21.4 Å². The lowest BCUT2D eigenvalue weighted by molar-refractivity contribution is 0.926. The Balaban J connectivity index is 1.12. The summed E-state index contributed by atoms with van der Waals surface area (Å²) < 4.78 is 5.19. The van der Waals surface area contributed by atoms with E-state index >= 15 is 0 Å². The van der Waals surface area contributed by atoms with Gasteiger partial charge >= 0.3 is 0 Å². The number of anilines is 2. The zero-order valence-corrected chi connectivity index (χ0v) is 32.3. The van der Waals surface area contributed by atoms with Crippen LogP contribution < -0.4 is 4.90 Å². The Morgan fingerprint density at radius 3 is 2.48 bits per heavy atom. The number of para-hydroxylation sites is 1. The van der Waals surface area contributed by atoms with Crippen LogP contribution in [0.15, 0.2) is 163 Å². The minimum absolute atomic E-state index is 0.952. The minimum Gasteiger partial charge on any atom is -0.313 e. The second kappa shape index (κ2) is 12.0. The van der Waals surface area contributed by atoms with E-state index in [1.54, 1.807) is 0 Å². The van der Waals surface area contributed by atoms with Crippen LogP contribution in [-0.4, -0.2) is 4.40 Å². The van der Waals surface area contributed by atoms with Crippen LogP contribution in [0.4, 0.5) is 11.4 Å². The molecule has 12 rings (SSSR count). The molecular formula is C53H38N2S. The highest BCUT2D eigenvalue weighted by Crippen LogP contribution is 2.47. The molecule has 266 valence electrons. The van der Waals surface area contributed by atoms with Crippen molar-refractivity contribution in [3.05, 3.63) is 185 Å². The maximum atomic E-state index is 2.57. The van der Waals surface area contributed by atoms with Crippen molar-refractivity contribution in [2.75, 3.05) is 4.90 Å². The van der Waals surface area contributed by atoms with Gasteiger partial charge in [0.1, 0.15) is 0 Å². The predicted molar refractivity (Wildman–Crippen MR) is 243 cm³/mol. The van der Waals surface area contributed by atoms with Gasteiger partial charge in [0, 0.05) is 54.3 Å². The SMILES string of the molecule is C\C=C1/C(=C\C=C(/C)N(c2ccc3ccc4c(cc5c6c(n7c8ccccc8c4c57)CCC=C6)c3c2)c2cccc3c2sc2ccccc23)Cc2ccccc21. The van der Waals surface area contributed by atoms with E-state index in [1.165, 1.54) is 120 Å². The number of hydrogen-bond donors (Lipinski definition) is 0. The highest BCUT2D eigenvalue weighted by Gasteiger charge is 2.25. The van der Waals surface area contributed by atoms with E-state index in [0.717, 1.165) is 19.3 Å². The summed E-state index contributed by atoms with van der Waals surface area (Å²) in [5.41, 5.74) is 14.5. The molecule has 56 heavy (non-hydrogen) atoms. The molecule has 2 nitrogen and oxygen atoms in total. The topological polar surface area (TPSA) is 7.65 Å². The number of rotatable bonds is 4. The summed E-state index contributed by atoms with van der Waals surface area (Å²) in [4.78, 5) is 2.50. The van der Waals surface area contributed by atoms with Gasteiger partial charge in [-0.3, -0.25) is 0 Å². The van der Waals surface area contributed by atoms with Crippen molar-refractivity contribution in [3.8, 4) is 0 Å². The Kier molecular flexibility index (Phi) is 6.85. The number of benzene rings is 7. The molecule has 2 aliphatic rings. The van der Waals surface area contributed by atoms with Crippen molar-refractivity contribution in [2.45, 2.75) is 33.1 Å². The summed E-state index contributed by atoms with van der Waals surface area (Å²) in [6, 6.07) is 47.8. The smallest absolute Gasteiger partial charge is 0.0637 e. The molecule has 0 unspecified atom stereocenters. The number of fused-ring (bicyclic) bond motifs is 14. The lowest BCUT2D eigenvalue weighted by Gasteiger charge is -2.27. The van der Waals surface area contributed by atoms with Crippen LogP contribution in [0.25, 0.3) is 80.6 Å². The van der Waals surface area contributed by atoms with E-state index in [1.807, 2.05) is 11.3 Å². The van der Waals surface area contributed by atoms with Gasteiger partial charge in [-0.1, -0.05) is 115 Å². The van der Waals surface area contributed by atoms with E-state index in [4.69, 9.17) is 0 Å². The molecule has 0 aliphatic heterocycles. The maximum absolute atomic E-state index is 2.57. The first-order chi connectivity index (χ1) is 27.7. The van der Waals surface area contributed by atoms with Crippen molar-refractivity contribution in [1.29, 1.82) is 0 Å². The third-order valence-corrected chi connectivity index (χ3v) is 13.7. The third-order valence-electron chi connectivity index (χ3n) is 12.5. The molecule has 7 aromatic carbocycles. The highest BCUT2D eigenvalue weighted by atomic mass is 32.1. The summed E-state index contributed by atoms with van der Waals surface area (Å²) in [7, 11) is 0. The van der Waals surface area contributed by atoms with E-state index in [0.29, 0.717) is 0 Å². The van der Waals surface area contributed by atoms with Gasteiger partial charge in [-0.2, -0.15) is 0 Å². The lowest BCUT2D eigenvalue weighted by Crippen LogP contribution is -2.14. The summed E-state index contributed by atoms with van der Waals surface area (Å²) in [6.45, 7) is 4.44. The Bertz CT molecular complexity index is 3420. The van der Waals surface area contributed by atoms with Gasteiger partial charge in [0.15, 0.2) is 0 Å². The van der Waals surface area contributed by atoms with Crippen LogP contribution in [0.1, 0.15) is 42.7 Å². The molecule has 3 heterocycles. The van der Waals surface area contributed by atoms with E-state index < -0.39 is 0 Å². The third kappa shape index (κ3) is 4.43. The molecule has 10 aromatic rings. The summed E-state index contributed by atoms with van der Waals surface area (Å²) in [5, 5.41) is 11.9. The van der Waals surface area contributed by atoms with Gasteiger partial charge < -0.3 is 9.30 Å². The van der Waals surface area contributed by atoms with Gasteiger partial charge in [-0.25, -0.2) is 0 Å². The molecule has 0 bridgehead atoms. The fourth-order valence-corrected chi connectivity index (χ4v) is 11.3. The van der Waals surface area contributed by atoms with Gasteiger partial charge in [0.2, 0.25) is 0 Å². The summed E-state index contributed by atoms with van der Waals surface area (Å²) in [6.07, 6.45) is 14.8. The Morgan fingerprint density at radius 2 is 1.55 bits per heavy atom. The Hall–Kier alpha value is -6.42. The van der Waals surface area contributed by atoms with Crippen molar-refractivity contribution < 1.29 is 0 Å². The maximum Gasteiger partial charge on any atom is 0.0637 e. The van der Waals surface area contributed by atoms with Gasteiger partial charge in [-0.15, -0.1) is 11.3 Å². The number of allylic oxidation sites excluding steroid dienone is 7. The molecule has 0 amide bonds. The highest BCUT2D eigenvalue weighted by molar-refractivity contribution is 7.26. The average Bonchev–Trinajstić information content (AvgIpc) is 3.99. The monoisotopic (exact) mass is 734 g/mol. The van der Waals surface area contributed by atoms with Crippen LogP contribution in [-0.2, 0) is 12.8 Å². The van der Waals surface area contributed by atoms with Crippen molar-refractivity contribution in [3.63, 3.8) is 0 Å². The summed E-state index contributed by atoms with van der Waals surface area (Å²) in [5.74, 6) is 0. The van der Waals surface area contributed by atoms with Crippen molar-refractivity contribution in [2.24, 2.45) is 0 Å². The van der Waals surface area contributed by atoms with E-state index in [2.05, 4.69) is 181 Å². The van der Waals surface area contributed by atoms with E-state index in [9.17, 15) is 0 Å². The average molecular weight is 735 g/mol. The van der Waals surface area contributed by atoms with Gasteiger partial charge in [0.25, 0.3) is 0 Å². The molecule has 0 spiro atoms. The molecule has 0 radical (unpaired) electrons. The molecule has 2 aliphatic carbocycles. The Morgan fingerprint density at radius 1 is 0.732 bits per heavy atom. The van der Waals surface area contributed by atoms with Crippen LogP contribution >= 0.6 is 11.3 Å². The fourth-order valence-electron chi connectivity index (χ4n) is 10.1. The van der Waals surface area contributed by atoms with E-state index in [-0.39, 0.29) is 0 Å². The quantitative estimate of drug-likeness (QED) is 0.163. The molecule has 0 saturated carbocycles. The molecule has 0 saturated heterocycles. The molecular weight excluding hydrogens is 697 g/mol. The standard InChI is InChI=1S/C53H38N2S/c1-3-37-35(29-34-13-4-5-14-38(34)37)24-23-32(2)54(49-21-12-18-42-40-16-8-11-22-50(40)56-53(42)49)36-27-25-33-26-28-41-45(44(33)30-36)31-46-39-15-6-9-19-47(39)55-48-20-10-7-17-43(48)51(41)52(46)55/h3-8,10-18,20-28,30-31H,9,19,29H2,1-2H3/b32-23+,35-24-,37-3+. The fraction of sp³-hybridized carbons (Fsp3) is 0.0943. The van der Waals surface area contributed by atoms with Crippen molar-refractivity contribution in [1.82, 2.24) is 4.40 Å². The number of thiophene rings is 1. The van der Waals surface area contributed by atoms with Gasteiger partial charge in [-0.05, 0) is 119 Å². The lowest BCUT2D eigenvalue weighted by atomic mass is 9.94. The van der Waals surface area contributed by atoms with Crippen LogP contribution in [0.5, 0.6) is 0 Å². The van der Waals surface area contributed by atoms with Crippen LogP contribution in [0, 0.1) is 0 Å². The molecule has 3 heteroatoms. The molecule has 0 fully saturated rings. The number of aryl methyl sites for hydroxylation is 1. The second-order valence-electron chi connectivity index (χ2n) is 15.5. The van der Waals surface area contributed by atoms with Crippen LogP contribution in [0.3, 0.4) is 0 Å². The summed E-state index contributed by atoms with van der Waals surface area (Å²) >= 11 is 1.89. The first-order valence-corrected chi connectivity index (χ1v) is 20.6. The first-order valence-electron chi connectivity index (χ1n) is 19.8. The van der Waals surface area contributed by atoms with Crippen LogP contribution in [0.2, 0.25) is 0 Å². The first kappa shape index (κ1) is 31.9. The number of hydrogen-bond acceptors (Lipinski definition) is 2. The molecule has 0 atom stereocenters. The minimum atomic E-state index is 0.952. The zero-order valence-electron chi connectivity index (χ0n) is 31.4. The molecule has 0 N–H and O–H groups in total. The second-order valence-corrected chi connectivity index (χ2v) is 16.5. The normalized spacial score (nSPS) is 15.9. The predicted octanol–water partition coefficient (Wildman–Crippen LogP) is 14.9. The molecule has 3 aromatic heterocycles.